The number of nitrogens with one attached hydrogen (secondary N) is 2. The Morgan fingerprint density at radius 2 is 1.50 bits per heavy atom. The van der Waals surface area contributed by atoms with Gasteiger partial charge in [-0.05, 0) is 32.1 Å². The SMILES string of the molecule is O=C(O)CCC(NC(=O)C(CCC(=O)O)NC(=O)CCCCC1CCSS1)C(=O)O. The Kier molecular flexibility index (Phi) is 12.3. The fraction of sp³-hybridized carbons (Fsp3) is 0.722. The third-order valence-corrected chi connectivity index (χ3v) is 7.47. The molecule has 1 rings (SSSR count). The maximum Gasteiger partial charge on any atom is 0.326 e. The van der Waals surface area contributed by atoms with Crippen LogP contribution in [0, 0.1) is 0 Å². The quantitative estimate of drug-likeness (QED) is 0.177. The van der Waals surface area contributed by atoms with Crippen LogP contribution in [0.25, 0.3) is 0 Å². The molecule has 5 N–H and O–H groups in total. The number of carboxylic acid groups (broad SMARTS) is 3. The van der Waals surface area contributed by atoms with Crippen LogP contribution in [-0.4, -0.2) is 68.1 Å². The number of carbonyl (C=O) groups excluding carboxylic acids is 2. The smallest absolute Gasteiger partial charge is 0.326 e. The number of carboxylic acids is 3. The van der Waals surface area contributed by atoms with E-state index in [-0.39, 0.29) is 25.7 Å². The van der Waals surface area contributed by atoms with Crippen molar-refractivity contribution in [3.8, 4) is 0 Å². The summed E-state index contributed by atoms with van der Waals surface area (Å²) in [6.07, 6.45) is 2.49. The Morgan fingerprint density at radius 1 is 0.867 bits per heavy atom. The van der Waals surface area contributed by atoms with Gasteiger partial charge >= 0.3 is 17.9 Å². The van der Waals surface area contributed by atoms with Crippen LogP contribution < -0.4 is 10.6 Å². The zero-order valence-electron chi connectivity index (χ0n) is 16.5. The highest BCUT2D eigenvalue weighted by Crippen LogP contribution is 2.39. The summed E-state index contributed by atoms with van der Waals surface area (Å²) in [7, 11) is 3.71. The van der Waals surface area contributed by atoms with Gasteiger partial charge in [-0.1, -0.05) is 28.0 Å². The molecule has 3 atom stereocenters. The first-order valence-electron chi connectivity index (χ1n) is 9.73. The second kappa shape index (κ2) is 14.1. The molecule has 10 nitrogen and oxygen atoms in total. The van der Waals surface area contributed by atoms with Crippen molar-refractivity contribution in [2.75, 3.05) is 5.75 Å². The van der Waals surface area contributed by atoms with Crippen molar-refractivity contribution in [1.29, 1.82) is 0 Å². The molecule has 1 heterocycles. The predicted molar refractivity (Wildman–Crippen MR) is 112 cm³/mol. The largest absolute Gasteiger partial charge is 0.481 e. The van der Waals surface area contributed by atoms with Crippen LogP contribution in [0.1, 0.15) is 57.8 Å². The second-order valence-electron chi connectivity index (χ2n) is 6.96. The van der Waals surface area contributed by atoms with E-state index < -0.39 is 48.2 Å². The van der Waals surface area contributed by atoms with Gasteiger partial charge in [0.05, 0.1) is 0 Å². The van der Waals surface area contributed by atoms with Crippen LogP contribution in [0.15, 0.2) is 0 Å². The lowest BCUT2D eigenvalue weighted by molar-refractivity contribution is -0.144. The fourth-order valence-electron chi connectivity index (χ4n) is 2.82. The van der Waals surface area contributed by atoms with E-state index in [0.717, 1.165) is 25.0 Å². The molecule has 2 amide bonds. The van der Waals surface area contributed by atoms with E-state index in [1.54, 1.807) is 0 Å². The van der Waals surface area contributed by atoms with Gasteiger partial charge < -0.3 is 26.0 Å². The summed E-state index contributed by atoms with van der Waals surface area (Å²) in [5, 5.41) is 32.0. The molecular weight excluding hydrogens is 436 g/mol. The molecule has 0 aliphatic carbocycles. The van der Waals surface area contributed by atoms with E-state index in [0.29, 0.717) is 11.7 Å². The maximum absolute atomic E-state index is 12.4. The lowest BCUT2D eigenvalue weighted by Crippen LogP contribution is -2.51. The minimum atomic E-state index is -1.44. The first-order valence-corrected chi connectivity index (χ1v) is 12.1. The molecule has 0 radical (unpaired) electrons. The third kappa shape index (κ3) is 11.3. The van der Waals surface area contributed by atoms with Gasteiger partial charge in [-0.2, -0.15) is 0 Å². The van der Waals surface area contributed by atoms with Gasteiger partial charge in [0.25, 0.3) is 0 Å². The zero-order chi connectivity index (χ0) is 22.5. The van der Waals surface area contributed by atoms with Gasteiger partial charge in [0.15, 0.2) is 0 Å². The monoisotopic (exact) mass is 464 g/mol. The van der Waals surface area contributed by atoms with Crippen LogP contribution >= 0.6 is 21.6 Å². The highest BCUT2D eigenvalue weighted by molar-refractivity contribution is 8.77. The van der Waals surface area contributed by atoms with Crippen molar-refractivity contribution in [2.45, 2.75) is 75.1 Å². The lowest BCUT2D eigenvalue weighted by Gasteiger charge is -2.21. The number of carbonyl (C=O) groups is 5. The summed E-state index contributed by atoms with van der Waals surface area (Å²) >= 11 is 0. The number of hydrogen-bond donors (Lipinski definition) is 5. The molecule has 0 bridgehead atoms. The van der Waals surface area contributed by atoms with E-state index in [9.17, 15) is 24.0 Å². The Hall–Kier alpha value is -1.95. The van der Waals surface area contributed by atoms with Gasteiger partial charge in [0, 0.05) is 30.3 Å². The first-order chi connectivity index (χ1) is 14.2. The highest BCUT2D eigenvalue weighted by Gasteiger charge is 2.27. The molecule has 3 unspecified atom stereocenters. The second-order valence-corrected chi connectivity index (χ2v) is 9.75. The average molecular weight is 465 g/mol. The van der Waals surface area contributed by atoms with E-state index in [1.807, 2.05) is 21.6 Å². The van der Waals surface area contributed by atoms with Crippen LogP contribution in [0.2, 0.25) is 0 Å². The van der Waals surface area contributed by atoms with Gasteiger partial charge in [0.2, 0.25) is 11.8 Å². The van der Waals surface area contributed by atoms with Crippen molar-refractivity contribution in [2.24, 2.45) is 0 Å². The summed E-state index contributed by atoms with van der Waals surface area (Å²) in [5.74, 6) is -3.89. The Bertz CT molecular complexity index is 625. The van der Waals surface area contributed by atoms with Crippen LogP contribution in [-0.2, 0) is 24.0 Å². The maximum atomic E-state index is 12.4. The summed E-state index contributed by atoms with van der Waals surface area (Å²) in [4.78, 5) is 57.4. The summed E-state index contributed by atoms with van der Waals surface area (Å²) < 4.78 is 0. The number of hydrogen-bond acceptors (Lipinski definition) is 7. The van der Waals surface area contributed by atoms with Crippen molar-refractivity contribution >= 4 is 51.3 Å². The Balaban J connectivity index is 2.54. The molecule has 1 aliphatic heterocycles. The summed E-state index contributed by atoms with van der Waals surface area (Å²) in [5.41, 5.74) is 0. The number of amides is 2. The van der Waals surface area contributed by atoms with Crippen LogP contribution in [0.3, 0.4) is 0 Å². The van der Waals surface area contributed by atoms with Gasteiger partial charge in [-0.25, -0.2) is 4.79 Å². The van der Waals surface area contributed by atoms with Crippen LogP contribution in [0.5, 0.6) is 0 Å². The molecular formula is C18H28N2O8S2. The Morgan fingerprint density at radius 3 is 2.03 bits per heavy atom. The first kappa shape index (κ1) is 26.1. The fourth-order valence-corrected chi connectivity index (χ4v) is 5.85. The van der Waals surface area contributed by atoms with Crippen molar-refractivity contribution < 1.29 is 39.3 Å². The van der Waals surface area contributed by atoms with E-state index >= 15 is 0 Å². The van der Waals surface area contributed by atoms with E-state index in [1.165, 1.54) is 0 Å². The number of aliphatic carboxylic acids is 3. The minimum absolute atomic E-state index is 0.183. The van der Waals surface area contributed by atoms with Gasteiger partial charge in [-0.3, -0.25) is 19.2 Å². The Labute approximate surface area is 182 Å². The van der Waals surface area contributed by atoms with Crippen molar-refractivity contribution in [1.82, 2.24) is 10.6 Å². The zero-order valence-corrected chi connectivity index (χ0v) is 18.1. The molecule has 1 fully saturated rings. The van der Waals surface area contributed by atoms with E-state index in [4.69, 9.17) is 15.3 Å². The van der Waals surface area contributed by atoms with Crippen molar-refractivity contribution in [3.05, 3.63) is 0 Å². The molecule has 1 saturated heterocycles. The van der Waals surface area contributed by atoms with Gasteiger partial charge in [0.1, 0.15) is 12.1 Å². The highest BCUT2D eigenvalue weighted by atomic mass is 33.1. The van der Waals surface area contributed by atoms with Gasteiger partial charge in [-0.15, -0.1) is 0 Å². The predicted octanol–water partition coefficient (Wildman–Crippen LogP) is 1.48. The summed E-state index contributed by atoms with van der Waals surface area (Å²) in [6, 6.07) is -2.65. The summed E-state index contributed by atoms with van der Waals surface area (Å²) in [6.45, 7) is 0. The molecule has 0 aromatic heterocycles. The van der Waals surface area contributed by atoms with E-state index in [2.05, 4.69) is 10.6 Å². The number of rotatable bonds is 15. The minimum Gasteiger partial charge on any atom is -0.481 e. The third-order valence-electron chi connectivity index (χ3n) is 4.47. The molecule has 0 aromatic carbocycles. The number of unbranched alkanes of at least 4 members (excludes halogenated alkanes) is 1. The molecule has 0 spiro atoms. The average Bonchev–Trinajstić information content (AvgIpc) is 3.18. The molecule has 30 heavy (non-hydrogen) atoms. The molecule has 170 valence electrons. The topological polar surface area (TPSA) is 170 Å². The lowest BCUT2D eigenvalue weighted by atomic mass is 10.1. The van der Waals surface area contributed by atoms with Crippen LogP contribution in [0.4, 0.5) is 0 Å². The molecule has 1 aliphatic rings. The molecule has 12 heteroatoms. The normalized spacial score (nSPS) is 17.7. The molecule has 0 aromatic rings. The standard InChI is InChI=1S/C18H28N2O8S2/c21-14(4-2-1-3-11-9-10-29-30-11)19-12(5-7-15(22)23)17(26)20-13(18(27)28)6-8-16(24)25/h11-13H,1-10H2,(H,19,21)(H,20,26)(H,22,23)(H,24,25)(H,27,28). The van der Waals surface area contributed by atoms with Crippen molar-refractivity contribution in [3.63, 3.8) is 0 Å². The molecule has 0 saturated carbocycles.